The van der Waals surface area contributed by atoms with Crippen LogP contribution in [0.5, 0.6) is 11.5 Å². The first-order valence-electron chi connectivity index (χ1n) is 11.7. The number of carbonyl (C=O) groups is 1. The zero-order valence-corrected chi connectivity index (χ0v) is 19.0. The molecule has 0 N–H and O–H groups in total. The maximum absolute atomic E-state index is 13.8. The predicted octanol–water partition coefficient (Wildman–Crippen LogP) is 7.17. The third kappa shape index (κ3) is 6.09. The molecule has 1 fully saturated rings. The van der Waals surface area contributed by atoms with Crippen molar-refractivity contribution in [3.05, 3.63) is 58.9 Å². The van der Waals surface area contributed by atoms with Crippen molar-refractivity contribution < 1.29 is 18.7 Å². The van der Waals surface area contributed by atoms with E-state index in [1.54, 1.807) is 12.1 Å². The monoisotopic (exact) mass is 437 g/mol. The summed E-state index contributed by atoms with van der Waals surface area (Å²) in [6.45, 7) is 2.25. The number of halogens is 1. The second kappa shape index (κ2) is 11.7. The summed E-state index contributed by atoms with van der Waals surface area (Å²) in [6, 6.07) is 11.1. The van der Waals surface area contributed by atoms with Gasteiger partial charge < -0.3 is 9.47 Å². The average Bonchev–Trinajstić information content (AvgIpc) is 2.82. The summed E-state index contributed by atoms with van der Waals surface area (Å²) in [5.41, 5.74) is 1.39. The molecule has 1 saturated carbocycles. The van der Waals surface area contributed by atoms with E-state index in [0.29, 0.717) is 17.2 Å². The lowest BCUT2D eigenvalue weighted by atomic mass is 9.77. The molecule has 4 nitrogen and oxygen atoms in total. The van der Waals surface area contributed by atoms with Gasteiger partial charge in [-0.05, 0) is 67.3 Å². The second-order valence-corrected chi connectivity index (χ2v) is 8.67. The van der Waals surface area contributed by atoms with Crippen LogP contribution < -0.4 is 9.47 Å². The quantitative estimate of drug-likeness (QED) is 0.237. The fourth-order valence-corrected chi connectivity index (χ4v) is 4.59. The van der Waals surface area contributed by atoms with Gasteiger partial charge in [-0.2, -0.15) is 5.26 Å². The Hall–Kier alpha value is -2.87. The Labute approximate surface area is 190 Å². The van der Waals surface area contributed by atoms with Gasteiger partial charge in [-0.15, -0.1) is 0 Å². The van der Waals surface area contributed by atoms with Crippen molar-refractivity contribution >= 4 is 5.97 Å². The molecule has 0 saturated heterocycles. The van der Waals surface area contributed by atoms with Crippen molar-refractivity contribution in [2.75, 3.05) is 7.11 Å². The molecule has 5 heteroatoms. The van der Waals surface area contributed by atoms with Gasteiger partial charge in [0.1, 0.15) is 28.9 Å². The molecule has 2 aromatic rings. The fraction of sp³-hybridized carbons (Fsp3) is 0.481. The van der Waals surface area contributed by atoms with Gasteiger partial charge in [-0.1, -0.05) is 45.1 Å². The Kier molecular flexibility index (Phi) is 8.67. The van der Waals surface area contributed by atoms with Crippen LogP contribution in [0.2, 0.25) is 0 Å². The number of hydrogen-bond acceptors (Lipinski definition) is 4. The van der Waals surface area contributed by atoms with Crippen molar-refractivity contribution in [1.29, 1.82) is 5.26 Å². The number of hydrogen-bond donors (Lipinski definition) is 0. The van der Waals surface area contributed by atoms with Crippen LogP contribution >= 0.6 is 0 Å². The van der Waals surface area contributed by atoms with Crippen LogP contribution in [0.25, 0.3) is 0 Å². The summed E-state index contributed by atoms with van der Waals surface area (Å²) in [5, 5.41) is 8.83. The lowest BCUT2D eigenvalue weighted by Crippen LogP contribution is -2.14. The summed E-state index contributed by atoms with van der Waals surface area (Å²) < 4.78 is 24.6. The number of esters is 1. The Morgan fingerprint density at radius 2 is 1.88 bits per heavy atom. The number of carbonyl (C=O) groups excluding carboxylic acids is 1. The summed E-state index contributed by atoms with van der Waals surface area (Å²) in [6.07, 6.45) is 11.5. The minimum atomic E-state index is -0.721. The van der Waals surface area contributed by atoms with Gasteiger partial charge in [-0.3, -0.25) is 0 Å². The number of unbranched alkanes of at least 4 members (excludes halogenated alkanes) is 3. The smallest absolute Gasteiger partial charge is 0.347 e. The summed E-state index contributed by atoms with van der Waals surface area (Å²) in [4.78, 5) is 12.6. The Bertz CT molecular complexity index is 958. The van der Waals surface area contributed by atoms with Crippen LogP contribution in [-0.2, 0) is 0 Å². The van der Waals surface area contributed by atoms with Crippen LogP contribution in [-0.4, -0.2) is 13.1 Å². The number of nitrogens with zero attached hydrogens (tertiary/aromatic N) is 1. The Balaban J connectivity index is 1.62. The van der Waals surface area contributed by atoms with E-state index in [9.17, 15) is 9.18 Å². The lowest BCUT2D eigenvalue weighted by molar-refractivity contribution is 0.0731. The van der Waals surface area contributed by atoms with Crippen LogP contribution in [0.4, 0.5) is 4.39 Å². The minimum absolute atomic E-state index is 0.0508. The summed E-state index contributed by atoms with van der Waals surface area (Å²) in [5.74, 6) is 0.494. The van der Waals surface area contributed by atoms with E-state index in [0.717, 1.165) is 24.8 Å². The van der Waals surface area contributed by atoms with Gasteiger partial charge in [0.25, 0.3) is 0 Å². The molecule has 170 valence electrons. The van der Waals surface area contributed by atoms with E-state index in [2.05, 4.69) is 6.92 Å². The number of nitriles is 1. The molecule has 32 heavy (non-hydrogen) atoms. The van der Waals surface area contributed by atoms with Gasteiger partial charge in [-0.25, -0.2) is 9.18 Å². The molecular formula is C27H32FNO3. The van der Waals surface area contributed by atoms with E-state index < -0.39 is 11.8 Å². The van der Waals surface area contributed by atoms with Crippen molar-refractivity contribution in [3.63, 3.8) is 0 Å². The fourth-order valence-electron chi connectivity index (χ4n) is 4.59. The van der Waals surface area contributed by atoms with Gasteiger partial charge in [0.2, 0.25) is 0 Å². The Morgan fingerprint density at radius 1 is 1.09 bits per heavy atom. The third-order valence-electron chi connectivity index (χ3n) is 6.50. The molecule has 1 aliphatic carbocycles. The third-order valence-corrected chi connectivity index (χ3v) is 6.50. The number of benzene rings is 2. The van der Waals surface area contributed by atoms with E-state index in [1.165, 1.54) is 69.8 Å². The topological polar surface area (TPSA) is 59.3 Å². The summed E-state index contributed by atoms with van der Waals surface area (Å²) >= 11 is 0. The molecule has 2 aromatic carbocycles. The van der Waals surface area contributed by atoms with Gasteiger partial charge in [0.05, 0.1) is 12.7 Å². The van der Waals surface area contributed by atoms with Crippen molar-refractivity contribution in [1.82, 2.24) is 0 Å². The maximum atomic E-state index is 13.8. The first-order valence-corrected chi connectivity index (χ1v) is 11.7. The molecule has 0 aromatic heterocycles. The minimum Gasteiger partial charge on any atom is -0.496 e. The Morgan fingerprint density at radius 3 is 2.53 bits per heavy atom. The molecule has 0 aliphatic heterocycles. The number of methoxy groups -OCH3 is 1. The molecule has 3 rings (SSSR count). The van der Waals surface area contributed by atoms with Crippen LogP contribution in [0, 0.1) is 23.1 Å². The van der Waals surface area contributed by atoms with Crippen molar-refractivity contribution in [2.45, 2.75) is 70.6 Å². The molecule has 0 heterocycles. The van der Waals surface area contributed by atoms with Crippen LogP contribution in [0.1, 0.15) is 92.1 Å². The number of ether oxygens (including phenoxy) is 2. The molecule has 0 unspecified atom stereocenters. The van der Waals surface area contributed by atoms with Gasteiger partial charge in [0.15, 0.2) is 0 Å². The highest BCUT2D eigenvalue weighted by molar-refractivity contribution is 5.94. The average molecular weight is 438 g/mol. The van der Waals surface area contributed by atoms with Crippen molar-refractivity contribution in [3.8, 4) is 17.6 Å². The predicted molar refractivity (Wildman–Crippen MR) is 123 cm³/mol. The maximum Gasteiger partial charge on any atom is 0.347 e. The van der Waals surface area contributed by atoms with Gasteiger partial charge >= 0.3 is 5.97 Å². The second-order valence-electron chi connectivity index (χ2n) is 8.67. The molecule has 0 amide bonds. The first-order chi connectivity index (χ1) is 15.5. The van der Waals surface area contributed by atoms with E-state index in [-0.39, 0.29) is 11.3 Å². The molecule has 0 bridgehead atoms. The standard InChI is InChI=1S/C27H32FNO3/c1-3-4-5-6-7-19-8-10-20(11-9-19)21-13-15-24(26(16-21)31-2)27(30)32-23-14-12-22(18-29)25(28)17-23/h12-17,19-20H,3-11H2,1-2H3. The largest absolute Gasteiger partial charge is 0.496 e. The van der Waals surface area contributed by atoms with E-state index >= 15 is 0 Å². The zero-order valence-electron chi connectivity index (χ0n) is 19.0. The van der Waals surface area contributed by atoms with E-state index in [4.69, 9.17) is 14.7 Å². The van der Waals surface area contributed by atoms with Crippen molar-refractivity contribution in [2.24, 2.45) is 5.92 Å². The summed E-state index contributed by atoms with van der Waals surface area (Å²) in [7, 11) is 1.53. The highest BCUT2D eigenvalue weighted by Gasteiger charge is 2.24. The van der Waals surface area contributed by atoms with Crippen LogP contribution in [0.3, 0.4) is 0 Å². The molecule has 0 atom stereocenters. The highest BCUT2D eigenvalue weighted by atomic mass is 19.1. The molecule has 0 spiro atoms. The van der Waals surface area contributed by atoms with E-state index in [1.807, 2.05) is 12.1 Å². The normalized spacial score (nSPS) is 18.1. The zero-order chi connectivity index (χ0) is 22.9. The lowest BCUT2D eigenvalue weighted by Gasteiger charge is -2.29. The van der Waals surface area contributed by atoms with Gasteiger partial charge in [0, 0.05) is 6.07 Å². The van der Waals surface area contributed by atoms with Crippen LogP contribution in [0.15, 0.2) is 36.4 Å². The highest BCUT2D eigenvalue weighted by Crippen LogP contribution is 2.39. The SMILES string of the molecule is CCCCCCC1CCC(c2ccc(C(=O)Oc3ccc(C#N)c(F)c3)c(OC)c2)CC1. The molecule has 0 radical (unpaired) electrons. The number of rotatable bonds is 9. The first kappa shape index (κ1) is 23.8. The molecule has 1 aliphatic rings. The molecular weight excluding hydrogens is 405 g/mol.